The molecular formula is C27H27ClN2O5S. The zero-order valence-corrected chi connectivity index (χ0v) is 22.0. The minimum atomic E-state index is -3.83. The number of amides is 1. The van der Waals surface area contributed by atoms with Gasteiger partial charge in [0.05, 0.1) is 17.4 Å². The van der Waals surface area contributed by atoms with E-state index >= 15 is 0 Å². The highest BCUT2D eigenvalue weighted by molar-refractivity contribution is 7.92. The van der Waals surface area contributed by atoms with Crippen LogP contribution in [-0.4, -0.2) is 25.9 Å². The van der Waals surface area contributed by atoms with Gasteiger partial charge in [0.15, 0.2) is 0 Å². The van der Waals surface area contributed by atoms with Crippen LogP contribution in [0.25, 0.3) is 0 Å². The minimum absolute atomic E-state index is 0.0704. The minimum Gasteiger partial charge on any atom is -0.460 e. The lowest BCUT2D eigenvalue weighted by atomic mass is 10.0. The van der Waals surface area contributed by atoms with E-state index in [4.69, 9.17) is 16.3 Å². The van der Waals surface area contributed by atoms with E-state index < -0.39 is 21.5 Å². The normalized spacial score (nSPS) is 14.4. The average molecular weight is 527 g/mol. The largest absolute Gasteiger partial charge is 0.460 e. The van der Waals surface area contributed by atoms with Crippen LogP contribution in [0.3, 0.4) is 0 Å². The molecule has 1 amide bonds. The first-order chi connectivity index (χ1) is 16.8. The van der Waals surface area contributed by atoms with Gasteiger partial charge in [0.1, 0.15) is 5.60 Å². The number of sulfonamides is 1. The van der Waals surface area contributed by atoms with Crippen molar-refractivity contribution < 1.29 is 22.7 Å². The van der Waals surface area contributed by atoms with Crippen molar-refractivity contribution in [3.63, 3.8) is 0 Å². The molecule has 3 aromatic carbocycles. The van der Waals surface area contributed by atoms with Crippen LogP contribution in [0.1, 0.15) is 55.1 Å². The molecule has 0 bridgehead atoms. The van der Waals surface area contributed by atoms with E-state index in [0.29, 0.717) is 28.5 Å². The number of fused-ring (bicyclic) bond motifs is 1. The molecule has 188 valence electrons. The summed E-state index contributed by atoms with van der Waals surface area (Å²) in [7, 11) is -3.83. The van der Waals surface area contributed by atoms with Crippen molar-refractivity contribution in [3.05, 3.63) is 88.4 Å². The van der Waals surface area contributed by atoms with Crippen LogP contribution in [0.15, 0.2) is 71.6 Å². The third-order valence-electron chi connectivity index (χ3n) is 5.76. The van der Waals surface area contributed by atoms with E-state index in [9.17, 15) is 18.0 Å². The van der Waals surface area contributed by atoms with Crippen molar-refractivity contribution in [1.82, 2.24) is 0 Å². The quantitative estimate of drug-likeness (QED) is 0.413. The Morgan fingerprint density at radius 2 is 1.67 bits per heavy atom. The van der Waals surface area contributed by atoms with Crippen molar-refractivity contribution in [3.8, 4) is 0 Å². The number of esters is 1. The van der Waals surface area contributed by atoms with Gasteiger partial charge in [-0.05, 0) is 87.4 Å². The average Bonchev–Trinajstić information content (AvgIpc) is 3.13. The second-order valence-electron chi connectivity index (χ2n) is 9.67. The maximum Gasteiger partial charge on any atom is 0.313 e. The van der Waals surface area contributed by atoms with Gasteiger partial charge in [-0.3, -0.25) is 14.3 Å². The summed E-state index contributed by atoms with van der Waals surface area (Å²) in [5.41, 5.74) is 2.41. The first kappa shape index (κ1) is 25.7. The molecule has 0 fully saturated rings. The highest BCUT2D eigenvalue weighted by atomic mass is 35.5. The second-order valence-corrected chi connectivity index (χ2v) is 11.8. The van der Waals surface area contributed by atoms with Gasteiger partial charge in [-0.1, -0.05) is 29.8 Å². The van der Waals surface area contributed by atoms with Gasteiger partial charge >= 0.3 is 5.97 Å². The van der Waals surface area contributed by atoms with Crippen LogP contribution < -0.4 is 9.62 Å². The van der Waals surface area contributed by atoms with E-state index in [2.05, 4.69) is 4.72 Å². The molecule has 9 heteroatoms. The number of benzene rings is 3. The summed E-state index contributed by atoms with van der Waals surface area (Å²) in [6.07, 6.45) is 0. The number of rotatable bonds is 6. The molecule has 0 spiro atoms. The number of hydrogen-bond donors (Lipinski definition) is 1. The summed E-state index contributed by atoms with van der Waals surface area (Å²) in [4.78, 5) is 27.2. The van der Waals surface area contributed by atoms with Gasteiger partial charge in [0, 0.05) is 22.0 Å². The fourth-order valence-corrected chi connectivity index (χ4v) is 5.05. The molecule has 3 aromatic rings. The molecule has 0 aliphatic carbocycles. The number of anilines is 2. The Bertz CT molecular complexity index is 1410. The lowest BCUT2D eigenvalue weighted by molar-refractivity contribution is -0.156. The van der Waals surface area contributed by atoms with E-state index in [1.807, 2.05) is 32.9 Å². The van der Waals surface area contributed by atoms with Crippen LogP contribution in [0.4, 0.5) is 11.4 Å². The van der Waals surface area contributed by atoms with Crippen molar-refractivity contribution in [1.29, 1.82) is 0 Å². The third kappa shape index (κ3) is 5.55. The molecule has 0 saturated carbocycles. The van der Waals surface area contributed by atoms with Gasteiger partial charge in [-0.25, -0.2) is 8.42 Å². The topological polar surface area (TPSA) is 92.8 Å². The maximum absolute atomic E-state index is 13.2. The number of halogens is 1. The van der Waals surface area contributed by atoms with Gasteiger partial charge < -0.3 is 9.64 Å². The van der Waals surface area contributed by atoms with Crippen molar-refractivity contribution in [2.45, 2.75) is 50.7 Å². The Labute approximate surface area is 216 Å². The summed E-state index contributed by atoms with van der Waals surface area (Å²) in [5, 5.41) is 0.435. The van der Waals surface area contributed by atoms with E-state index in [1.54, 1.807) is 42.2 Å². The SMILES string of the molecule is CC(C(=O)OC(C)(C)C)c1ccc(N2Cc3ccc(NS(=O)(=O)c4ccc(Cl)cc4)cc3C2=O)cc1. The van der Waals surface area contributed by atoms with Crippen LogP contribution in [0.2, 0.25) is 5.02 Å². The predicted octanol–water partition coefficient (Wildman–Crippen LogP) is 5.75. The molecule has 36 heavy (non-hydrogen) atoms. The predicted molar refractivity (Wildman–Crippen MR) is 140 cm³/mol. The smallest absolute Gasteiger partial charge is 0.313 e. The molecular weight excluding hydrogens is 500 g/mol. The number of hydrogen-bond acceptors (Lipinski definition) is 5. The Kier molecular flexibility index (Phi) is 6.86. The summed E-state index contributed by atoms with van der Waals surface area (Å²) >= 11 is 5.85. The first-order valence-corrected chi connectivity index (χ1v) is 13.3. The zero-order valence-electron chi connectivity index (χ0n) is 20.4. The monoisotopic (exact) mass is 526 g/mol. The van der Waals surface area contributed by atoms with Gasteiger partial charge in [0.25, 0.3) is 15.9 Å². The Morgan fingerprint density at radius 3 is 2.28 bits per heavy atom. The van der Waals surface area contributed by atoms with E-state index in [1.165, 1.54) is 24.3 Å². The van der Waals surface area contributed by atoms with Crippen LogP contribution in [-0.2, 0) is 26.1 Å². The zero-order chi connectivity index (χ0) is 26.3. The summed E-state index contributed by atoms with van der Waals surface area (Å²) in [6, 6.07) is 18.0. The van der Waals surface area contributed by atoms with Crippen LogP contribution >= 0.6 is 11.6 Å². The highest BCUT2D eigenvalue weighted by Gasteiger charge is 2.30. The van der Waals surface area contributed by atoms with Crippen LogP contribution in [0.5, 0.6) is 0 Å². The van der Waals surface area contributed by atoms with Crippen molar-refractivity contribution in [2.75, 3.05) is 9.62 Å². The summed E-state index contributed by atoms with van der Waals surface area (Å²) < 4.78 is 33.4. The molecule has 1 aliphatic heterocycles. The fourth-order valence-electron chi connectivity index (χ4n) is 3.87. The maximum atomic E-state index is 13.2. The molecule has 1 atom stereocenters. The lowest BCUT2D eigenvalue weighted by Gasteiger charge is -2.23. The Balaban J connectivity index is 1.49. The Morgan fingerprint density at radius 1 is 1.03 bits per heavy atom. The van der Waals surface area contributed by atoms with Gasteiger partial charge in [-0.15, -0.1) is 0 Å². The van der Waals surface area contributed by atoms with Gasteiger partial charge in [-0.2, -0.15) is 0 Å². The lowest BCUT2D eigenvalue weighted by Crippen LogP contribution is -2.27. The molecule has 1 N–H and O–H groups in total. The first-order valence-electron chi connectivity index (χ1n) is 11.4. The number of nitrogens with zero attached hydrogens (tertiary/aromatic N) is 1. The van der Waals surface area contributed by atoms with E-state index in [0.717, 1.165) is 11.1 Å². The Hall–Kier alpha value is -3.36. The van der Waals surface area contributed by atoms with Crippen molar-refractivity contribution in [2.24, 2.45) is 0 Å². The molecule has 7 nitrogen and oxygen atoms in total. The highest BCUT2D eigenvalue weighted by Crippen LogP contribution is 2.32. The molecule has 1 heterocycles. The number of nitrogens with one attached hydrogen (secondary N) is 1. The van der Waals surface area contributed by atoms with Gasteiger partial charge in [0.2, 0.25) is 0 Å². The third-order valence-corrected chi connectivity index (χ3v) is 7.40. The molecule has 4 rings (SSSR count). The molecule has 1 aliphatic rings. The van der Waals surface area contributed by atoms with E-state index in [-0.39, 0.29) is 16.8 Å². The number of ether oxygens (including phenoxy) is 1. The second kappa shape index (κ2) is 9.59. The number of carbonyl (C=O) groups excluding carboxylic acids is 2. The molecule has 0 radical (unpaired) electrons. The summed E-state index contributed by atoms with van der Waals surface area (Å²) in [5.74, 6) is -0.986. The van der Waals surface area contributed by atoms with Crippen molar-refractivity contribution >= 4 is 44.9 Å². The summed E-state index contributed by atoms with van der Waals surface area (Å²) in [6.45, 7) is 7.62. The fraction of sp³-hybridized carbons (Fsp3) is 0.259. The molecule has 0 aromatic heterocycles. The molecule has 0 saturated heterocycles. The number of carbonyl (C=O) groups is 2. The standard InChI is InChI=1S/C27H27ClN2O5S/c1-17(26(32)35-27(2,3)4)18-6-11-22(12-7-18)30-16-19-5-10-21(15-24(19)25(30)31)29-36(33,34)23-13-8-20(28)9-14-23/h5-15,17,29H,16H2,1-4H3. The van der Waals surface area contributed by atoms with Crippen LogP contribution in [0, 0.1) is 0 Å². The molecule has 1 unspecified atom stereocenters.